The fourth-order valence-corrected chi connectivity index (χ4v) is 2.53. The first-order chi connectivity index (χ1) is 9.04. The van der Waals surface area contributed by atoms with E-state index in [0.717, 1.165) is 23.6 Å². The van der Waals surface area contributed by atoms with Gasteiger partial charge in [-0.05, 0) is 31.9 Å². The van der Waals surface area contributed by atoms with E-state index in [1.165, 1.54) is 0 Å². The summed E-state index contributed by atoms with van der Waals surface area (Å²) in [6.45, 7) is 5.88. The van der Waals surface area contributed by atoms with E-state index in [2.05, 4.69) is 17.0 Å². The van der Waals surface area contributed by atoms with Crippen molar-refractivity contribution in [2.75, 3.05) is 0 Å². The standard InChI is InChI=1S/C14H19ClN4/c1-4-13(16)14(11-7-5-6-8-12(11)15)19-10(3)17-9(2)18-19/h5-8,13-14H,4,16H2,1-3H3. The Morgan fingerprint density at radius 3 is 2.53 bits per heavy atom. The van der Waals surface area contributed by atoms with E-state index < -0.39 is 0 Å². The lowest BCUT2D eigenvalue weighted by Crippen LogP contribution is -2.34. The van der Waals surface area contributed by atoms with Gasteiger partial charge in [0, 0.05) is 11.1 Å². The Morgan fingerprint density at radius 1 is 1.32 bits per heavy atom. The highest BCUT2D eigenvalue weighted by molar-refractivity contribution is 6.31. The molecule has 2 unspecified atom stereocenters. The summed E-state index contributed by atoms with van der Waals surface area (Å²) in [5, 5.41) is 5.18. The smallest absolute Gasteiger partial charge is 0.147 e. The minimum absolute atomic E-state index is 0.0558. The van der Waals surface area contributed by atoms with Gasteiger partial charge >= 0.3 is 0 Å². The zero-order valence-corrected chi connectivity index (χ0v) is 12.2. The molecule has 0 saturated heterocycles. The fourth-order valence-electron chi connectivity index (χ4n) is 2.28. The summed E-state index contributed by atoms with van der Waals surface area (Å²) < 4.78 is 1.88. The van der Waals surface area contributed by atoms with Gasteiger partial charge in [0.2, 0.25) is 0 Å². The highest BCUT2D eigenvalue weighted by atomic mass is 35.5. The maximum atomic E-state index is 6.31. The molecule has 0 amide bonds. The van der Waals surface area contributed by atoms with Gasteiger partial charge < -0.3 is 5.73 Å². The van der Waals surface area contributed by atoms with Crippen LogP contribution in [0.25, 0.3) is 0 Å². The van der Waals surface area contributed by atoms with Gasteiger partial charge in [0.25, 0.3) is 0 Å². The van der Waals surface area contributed by atoms with Crippen molar-refractivity contribution in [2.24, 2.45) is 5.73 Å². The molecule has 2 aromatic rings. The quantitative estimate of drug-likeness (QED) is 0.936. The van der Waals surface area contributed by atoms with Gasteiger partial charge in [-0.25, -0.2) is 9.67 Å². The Hall–Kier alpha value is -1.39. The van der Waals surface area contributed by atoms with E-state index in [1.54, 1.807) is 0 Å². The molecule has 0 aliphatic heterocycles. The van der Waals surface area contributed by atoms with Gasteiger partial charge in [0.15, 0.2) is 0 Å². The molecule has 0 radical (unpaired) electrons. The minimum atomic E-state index is -0.0834. The van der Waals surface area contributed by atoms with E-state index in [4.69, 9.17) is 17.3 Å². The van der Waals surface area contributed by atoms with Crippen LogP contribution in [-0.2, 0) is 0 Å². The van der Waals surface area contributed by atoms with E-state index in [-0.39, 0.29) is 12.1 Å². The van der Waals surface area contributed by atoms with Crippen molar-refractivity contribution in [2.45, 2.75) is 39.3 Å². The summed E-state index contributed by atoms with van der Waals surface area (Å²) >= 11 is 6.31. The van der Waals surface area contributed by atoms with Crippen LogP contribution in [0.3, 0.4) is 0 Å². The third-order valence-corrected chi connectivity index (χ3v) is 3.62. The van der Waals surface area contributed by atoms with Gasteiger partial charge in [-0.3, -0.25) is 0 Å². The number of hydrogen-bond donors (Lipinski definition) is 1. The first-order valence-corrected chi connectivity index (χ1v) is 6.82. The molecular weight excluding hydrogens is 260 g/mol. The molecule has 2 rings (SSSR count). The maximum absolute atomic E-state index is 6.31. The molecule has 0 spiro atoms. The highest BCUT2D eigenvalue weighted by Crippen LogP contribution is 2.29. The summed E-state index contributed by atoms with van der Waals surface area (Å²) in [7, 11) is 0. The summed E-state index contributed by atoms with van der Waals surface area (Å²) in [5.74, 6) is 1.60. The number of aromatic nitrogens is 3. The second kappa shape index (κ2) is 5.72. The zero-order valence-electron chi connectivity index (χ0n) is 11.5. The van der Waals surface area contributed by atoms with Crippen LogP contribution in [0.4, 0.5) is 0 Å². The third kappa shape index (κ3) is 2.80. The second-order valence-electron chi connectivity index (χ2n) is 4.69. The number of benzene rings is 1. The Kier molecular flexibility index (Phi) is 4.22. The van der Waals surface area contributed by atoms with E-state index >= 15 is 0 Å². The number of nitrogens with zero attached hydrogens (tertiary/aromatic N) is 3. The van der Waals surface area contributed by atoms with Crippen LogP contribution in [-0.4, -0.2) is 20.8 Å². The van der Waals surface area contributed by atoms with E-state index in [9.17, 15) is 0 Å². The SMILES string of the molecule is CCC(N)C(c1ccccc1Cl)n1nc(C)nc1C. The van der Waals surface area contributed by atoms with Crippen molar-refractivity contribution < 1.29 is 0 Å². The molecule has 1 aromatic heterocycles. The van der Waals surface area contributed by atoms with Crippen molar-refractivity contribution in [3.63, 3.8) is 0 Å². The van der Waals surface area contributed by atoms with Crippen molar-refractivity contribution in [3.05, 3.63) is 46.5 Å². The molecule has 5 heteroatoms. The summed E-state index contributed by atoms with van der Waals surface area (Å²) in [5.41, 5.74) is 7.27. The lowest BCUT2D eigenvalue weighted by molar-refractivity contribution is 0.414. The first kappa shape index (κ1) is 14.0. The Labute approximate surface area is 118 Å². The largest absolute Gasteiger partial charge is 0.326 e. The molecule has 102 valence electrons. The molecule has 2 N–H and O–H groups in total. The number of hydrogen-bond acceptors (Lipinski definition) is 3. The molecule has 1 heterocycles. The highest BCUT2D eigenvalue weighted by Gasteiger charge is 2.25. The van der Waals surface area contributed by atoms with Gasteiger partial charge in [0.05, 0.1) is 6.04 Å². The van der Waals surface area contributed by atoms with Crippen LogP contribution in [0.5, 0.6) is 0 Å². The number of rotatable bonds is 4. The van der Waals surface area contributed by atoms with Crippen LogP contribution >= 0.6 is 11.6 Å². The molecular formula is C14H19ClN4. The van der Waals surface area contributed by atoms with Crippen molar-refractivity contribution in [1.29, 1.82) is 0 Å². The lowest BCUT2D eigenvalue weighted by atomic mass is 9.98. The third-order valence-electron chi connectivity index (χ3n) is 3.27. The van der Waals surface area contributed by atoms with Crippen molar-refractivity contribution in [3.8, 4) is 0 Å². The Bertz CT molecular complexity index is 564. The van der Waals surface area contributed by atoms with Gasteiger partial charge in [-0.15, -0.1) is 0 Å². The lowest BCUT2D eigenvalue weighted by Gasteiger charge is -2.25. The van der Waals surface area contributed by atoms with Crippen LogP contribution in [0.15, 0.2) is 24.3 Å². The van der Waals surface area contributed by atoms with Crippen LogP contribution < -0.4 is 5.73 Å². The van der Waals surface area contributed by atoms with Gasteiger partial charge in [-0.1, -0.05) is 36.7 Å². The maximum Gasteiger partial charge on any atom is 0.147 e. The van der Waals surface area contributed by atoms with Crippen molar-refractivity contribution >= 4 is 11.6 Å². The average molecular weight is 279 g/mol. The molecule has 19 heavy (non-hydrogen) atoms. The summed E-state index contributed by atoms with van der Waals surface area (Å²) in [6.07, 6.45) is 0.842. The normalized spacial score (nSPS) is 14.4. The molecule has 1 aromatic carbocycles. The topological polar surface area (TPSA) is 56.7 Å². The number of nitrogens with two attached hydrogens (primary N) is 1. The second-order valence-corrected chi connectivity index (χ2v) is 5.10. The van der Waals surface area contributed by atoms with Gasteiger partial charge in [-0.2, -0.15) is 5.10 Å². The summed E-state index contributed by atoms with van der Waals surface area (Å²) in [4.78, 5) is 4.36. The molecule has 4 nitrogen and oxygen atoms in total. The number of aryl methyl sites for hydroxylation is 2. The van der Waals surface area contributed by atoms with Crippen LogP contribution in [0.1, 0.15) is 36.6 Å². The van der Waals surface area contributed by atoms with Crippen LogP contribution in [0.2, 0.25) is 5.02 Å². The Balaban J connectivity index is 2.54. The molecule has 2 atom stereocenters. The molecule has 0 saturated carbocycles. The fraction of sp³-hybridized carbons (Fsp3) is 0.429. The van der Waals surface area contributed by atoms with E-state index in [0.29, 0.717) is 5.02 Å². The zero-order chi connectivity index (χ0) is 14.0. The van der Waals surface area contributed by atoms with Gasteiger partial charge in [0.1, 0.15) is 11.6 Å². The molecule has 0 bridgehead atoms. The minimum Gasteiger partial charge on any atom is -0.326 e. The molecule has 0 fully saturated rings. The number of halogens is 1. The van der Waals surface area contributed by atoms with Crippen LogP contribution in [0, 0.1) is 13.8 Å². The van der Waals surface area contributed by atoms with E-state index in [1.807, 2.05) is 42.8 Å². The molecule has 0 aliphatic carbocycles. The van der Waals surface area contributed by atoms with Crippen molar-refractivity contribution in [1.82, 2.24) is 14.8 Å². The predicted octanol–water partition coefficient (Wildman–Crippen LogP) is 2.88. The first-order valence-electron chi connectivity index (χ1n) is 6.44. The molecule has 0 aliphatic rings. The average Bonchev–Trinajstić information content (AvgIpc) is 2.71. The summed E-state index contributed by atoms with van der Waals surface area (Å²) in [6, 6.07) is 7.62. The monoisotopic (exact) mass is 278 g/mol. The predicted molar refractivity (Wildman–Crippen MR) is 77.4 cm³/mol. The Morgan fingerprint density at radius 2 is 2.00 bits per heavy atom.